The van der Waals surface area contributed by atoms with Crippen LogP contribution in [0.15, 0.2) is 12.7 Å². The molecule has 0 aliphatic carbocycles. The minimum Gasteiger partial charge on any atom is -0.481 e. The van der Waals surface area contributed by atoms with E-state index in [4.69, 9.17) is 4.74 Å². The molecule has 8 nitrogen and oxygen atoms in total. The Bertz CT molecular complexity index is 743. The summed E-state index contributed by atoms with van der Waals surface area (Å²) in [6, 6.07) is -1.76. The van der Waals surface area contributed by atoms with Gasteiger partial charge in [-0.05, 0) is 26.2 Å². The van der Waals surface area contributed by atoms with Gasteiger partial charge in [-0.25, -0.2) is 0 Å². The maximum atomic E-state index is 13.8. The van der Waals surface area contributed by atoms with Crippen molar-refractivity contribution in [3.05, 3.63) is 12.7 Å². The average molecular weight is 487 g/mol. The number of carboxylic acid groups (broad SMARTS) is 1. The largest absolute Gasteiger partial charge is 0.481 e. The van der Waals surface area contributed by atoms with Crippen LogP contribution >= 0.6 is 15.9 Å². The number of hydrogen-bond donors (Lipinski definition) is 2. The average Bonchev–Trinajstić information content (AvgIpc) is 3.23. The van der Waals surface area contributed by atoms with Gasteiger partial charge in [0, 0.05) is 17.4 Å². The van der Waals surface area contributed by atoms with E-state index >= 15 is 0 Å². The van der Waals surface area contributed by atoms with Gasteiger partial charge in [0.15, 0.2) is 0 Å². The van der Waals surface area contributed by atoms with E-state index in [1.807, 2.05) is 27.7 Å². The standard InChI is InChI=1S/C21H31BrN2O6/c1-6-7-23(11(4)5)19(27)17-21-8-12(22)16(30-21)14(20(28)29)15(21)18(26)24(17)13(9-25)10(2)3/h6,10-17,25H,1,7-9H2,2-5H3,(H,28,29)/t12?,13-,14+,15-,16+,17+,21-/m0/s1. The molecule has 0 aromatic heterocycles. The Morgan fingerprint density at radius 2 is 2.03 bits per heavy atom. The van der Waals surface area contributed by atoms with E-state index in [1.165, 1.54) is 4.90 Å². The van der Waals surface area contributed by atoms with Crippen molar-refractivity contribution in [1.82, 2.24) is 9.80 Å². The summed E-state index contributed by atoms with van der Waals surface area (Å²) in [6.45, 7) is 11.2. The summed E-state index contributed by atoms with van der Waals surface area (Å²) in [5.74, 6) is -3.93. The second kappa shape index (κ2) is 8.24. The van der Waals surface area contributed by atoms with E-state index in [9.17, 15) is 24.6 Å². The highest BCUT2D eigenvalue weighted by Crippen LogP contribution is 2.60. The fraction of sp³-hybridized carbons (Fsp3) is 0.762. The van der Waals surface area contributed by atoms with E-state index < -0.39 is 47.5 Å². The molecule has 0 aromatic carbocycles. The third kappa shape index (κ3) is 3.20. The lowest BCUT2D eigenvalue weighted by atomic mass is 9.70. The molecule has 3 saturated heterocycles. The van der Waals surface area contributed by atoms with Crippen LogP contribution in [-0.4, -0.2) is 85.6 Å². The normalized spacial score (nSPS) is 35.8. The van der Waals surface area contributed by atoms with Gasteiger partial charge in [-0.2, -0.15) is 0 Å². The fourth-order valence-corrected chi connectivity index (χ4v) is 6.40. The van der Waals surface area contributed by atoms with Crippen LogP contribution in [0.1, 0.15) is 34.1 Å². The van der Waals surface area contributed by atoms with E-state index in [1.54, 1.807) is 11.0 Å². The van der Waals surface area contributed by atoms with Crippen LogP contribution in [0.3, 0.4) is 0 Å². The number of carbonyl (C=O) groups is 3. The number of amides is 2. The van der Waals surface area contributed by atoms with Crippen molar-refractivity contribution in [2.24, 2.45) is 17.8 Å². The van der Waals surface area contributed by atoms with Crippen LogP contribution in [0.2, 0.25) is 0 Å². The maximum absolute atomic E-state index is 13.8. The minimum atomic E-state index is -1.23. The quantitative estimate of drug-likeness (QED) is 0.395. The highest BCUT2D eigenvalue weighted by molar-refractivity contribution is 9.09. The number of likely N-dealkylation sites (tertiary alicyclic amines) is 1. The molecule has 7 atom stereocenters. The number of carboxylic acids is 1. The highest BCUT2D eigenvalue weighted by atomic mass is 79.9. The molecule has 3 heterocycles. The maximum Gasteiger partial charge on any atom is 0.310 e. The number of alkyl halides is 1. The first-order valence-corrected chi connectivity index (χ1v) is 11.3. The summed E-state index contributed by atoms with van der Waals surface area (Å²) in [5, 5.41) is 20.0. The van der Waals surface area contributed by atoms with Gasteiger partial charge in [-0.3, -0.25) is 14.4 Å². The van der Waals surface area contributed by atoms with Crippen LogP contribution in [0.4, 0.5) is 0 Å². The molecular weight excluding hydrogens is 456 g/mol. The second-order valence-corrected chi connectivity index (χ2v) is 10.3. The van der Waals surface area contributed by atoms with Gasteiger partial charge in [0.25, 0.3) is 0 Å². The first-order valence-electron chi connectivity index (χ1n) is 10.4. The lowest BCUT2D eigenvalue weighted by Crippen LogP contribution is -2.60. The van der Waals surface area contributed by atoms with E-state index in [0.29, 0.717) is 13.0 Å². The molecule has 168 valence electrons. The van der Waals surface area contributed by atoms with Crippen molar-refractivity contribution in [1.29, 1.82) is 0 Å². The SMILES string of the molecule is C=CCN(C(=O)[C@H]1N([C@@H](CO)C(C)C)C(=O)[C@@H]2[C@@H](C(=O)O)[C@@H]3O[C@@]21CC3Br)C(C)C. The Morgan fingerprint density at radius 1 is 1.40 bits per heavy atom. The summed E-state index contributed by atoms with van der Waals surface area (Å²) in [6.07, 6.45) is 1.31. The van der Waals surface area contributed by atoms with E-state index in [0.717, 1.165) is 0 Å². The zero-order chi connectivity index (χ0) is 22.5. The van der Waals surface area contributed by atoms with Gasteiger partial charge in [-0.15, -0.1) is 6.58 Å². The highest BCUT2D eigenvalue weighted by Gasteiger charge is 2.77. The fourth-order valence-electron chi connectivity index (χ4n) is 5.46. The van der Waals surface area contributed by atoms with Crippen molar-refractivity contribution in [3.8, 4) is 0 Å². The number of halogens is 1. The van der Waals surface area contributed by atoms with Crippen LogP contribution < -0.4 is 0 Å². The second-order valence-electron chi connectivity index (χ2n) is 9.11. The molecule has 30 heavy (non-hydrogen) atoms. The molecule has 1 spiro atoms. The summed E-state index contributed by atoms with van der Waals surface area (Å²) < 4.78 is 6.24. The van der Waals surface area contributed by atoms with Crippen molar-refractivity contribution in [2.45, 2.75) is 68.8 Å². The van der Waals surface area contributed by atoms with Gasteiger partial charge < -0.3 is 24.7 Å². The monoisotopic (exact) mass is 486 g/mol. The Hall–Kier alpha value is -1.45. The van der Waals surface area contributed by atoms with Crippen LogP contribution in [-0.2, 0) is 19.1 Å². The first-order chi connectivity index (χ1) is 14.0. The summed E-state index contributed by atoms with van der Waals surface area (Å²) >= 11 is 3.52. The Kier molecular flexibility index (Phi) is 6.38. The predicted octanol–water partition coefficient (Wildman–Crippen LogP) is 1.26. The number of nitrogens with zero attached hydrogens (tertiary/aromatic N) is 2. The van der Waals surface area contributed by atoms with Gasteiger partial charge in [0.05, 0.1) is 30.6 Å². The number of fused-ring (bicyclic) bond motifs is 1. The number of aliphatic carboxylic acids is 1. The van der Waals surface area contributed by atoms with Gasteiger partial charge in [0.2, 0.25) is 11.8 Å². The van der Waals surface area contributed by atoms with Crippen LogP contribution in [0, 0.1) is 17.8 Å². The third-order valence-electron chi connectivity index (χ3n) is 6.79. The van der Waals surface area contributed by atoms with Crippen LogP contribution in [0.25, 0.3) is 0 Å². The van der Waals surface area contributed by atoms with Gasteiger partial charge in [0.1, 0.15) is 11.6 Å². The number of aliphatic hydroxyl groups excluding tert-OH is 1. The molecule has 2 amide bonds. The van der Waals surface area contributed by atoms with Crippen molar-refractivity contribution >= 4 is 33.7 Å². The summed E-state index contributed by atoms with van der Waals surface area (Å²) in [5.41, 5.74) is -1.23. The third-order valence-corrected chi connectivity index (χ3v) is 7.64. The van der Waals surface area contributed by atoms with Crippen molar-refractivity contribution in [2.75, 3.05) is 13.2 Å². The lowest BCUT2D eigenvalue weighted by Gasteiger charge is -2.41. The molecule has 2 bridgehead atoms. The lowest BCUT2D eigenvalue weighted by molar-refractivity contribution is -0.154. The van der Waals surface area contributed by atoms with E-state index in [-0.39, 0.29) is 29.3 Å². The van der Waals surface area contributed by atoms with Gasteiger partial charge in [-0.1, -0.05) is 35.9 Å². The number of rotatable bonds is 8. The smallest absolute Gasteiger partial charge is 0.310 e. The van der Waals surface area contributed by atoms with Crippen molar-refractivity contribution < 1.29 is 29.3 Å². The molecule has 1 unspecified atom stereocenters. The molecule has 9 heteroatoms. The minimum absolute atomic E-state index is 0.128. The zero-order valence-electron chi connectivity index (χ0n) is 17.8. The van der Waals surface area contributed by atoms with Crippen LogP contribution in [0.5, 0.6) is 0 Å². The summed E-state index contributed by atoms with van der Waals surface area (Å²) in [4.78, 5) is 42.3. The molecule has 0 aromatic rings. The Balaban J connectivity index is 2.16. The molecule has 3 aliphatic heterocycles. The molecule has 2 N–H and O–H groups in total. The molecule has 3 rings (SSSR count). The zero-order valence-corrected chi connectivity index (χ0v) is 19.4. The number of hydrogen-bond acceptors (Lipinski definition) is 5. The molecule has 0 radical (unpaired) electrons. The topological polar surface area (TPSA) is 107 Å². The number of aliphatic hydroxyl groups is 1. The van der Waals surface area contributed by atoms with Gasteiger partial charge >= 0.3 is 5.97 Å². The predicted molar refractivity (Wildman–Crippen MR) is 113 cm³/mol. The number of ether oxygens (including phenoxy) is 1. The van der Waals surface area contributed by atoms with Crippen molar-refractivity contribution in [3.63, 3.8) is 0 Å². The number of carbonyl (C=O) groups excluding carboxylic acids is 2. The first kappa shape index (κ1) is 23.2. The molecule has 3 fully saturated rings. The summed E-state index contributed by atoms with van der Waals surface area (Å²) in [7, 11) is 0. The Morgan fingerprint density at radius 3 is 2.50 bits per heavy atom. The Labute approximate surface area is 185 Å². The molecule has 0 saturated carbocycles. The molecule has 3 aliphatic rings. The molecular formula is C21H31BrN2O6. The van der Waals surface area contributed by atoms with E-state index in [2.05, 4.69) is 22.5 Å².